The number of fused-ring (bicyclic) bond motifs is 2. The Morgan fingerprint density at radius 3 is 2.16 bits per heavy atom. The Morgan fingerprint density at radius 2 is 1.47 bits per heavy atom. The van der Waals surface area contributed by atoms with E-state index in [0.717, 1.165) is 42.6 Å². The molecule has 2 nitrogen and oxygen atoms in total. The highest BCUT2D eigenvalue weighted by Crippen LogP contribution is 2.39. The molecule has 1 atom stereocenters. The predicted molar refractivity (Wildman–Crippen MR) is 186 cm³/mol. The van der Waals surface area contributed by atoms with Crippen LogP contribution in [0.15, 0.2) is 157 Å². The molecule has 210 valence electrons. The highest BCUT2D eigenvalue weighted by Gasteiger charge is 2.14. The van der Waals surface area contributed by atoms with E-state index in [4.69, 9.17) is 4.98 Å². The quantitative estimate of drug-likeness (QED) is 0.0954. The van der Waals surface area contributed by atoms with Gasteiger partial charge in [-0.3, -0.25) is 9.98 Å². The summed E-state index contributed by atoms with van der Waals surface area (Å²) >= 11 is 0. The summed E-state index contributed by atoms with van der Waals surface area (Å²) in [6.07, 6.45) is 22.5. The highest BCUT2D eigenvalue weighted by molar-refractivity contribution is 6.15. The van der Waals surface area contributed by atoms with Crippen molar-refractivity contribution in [1.82, 2.24) is 4.98 Å². The molecule has 6 rings (SSSR count). The summed E-state index contributed by atoms with van der Waals surface area (Å²) in [5, 5.41) is 5.24. The van der Waals surface area contributed by atoms with E-state index in [1.165, 1.54) is 38.2 Å². The van der Waals surface area contributed by atoms with E-state index >= 15 is 0 Å². The third kappa shape index (κ3) is 6.39. The van der Waals surface area contributed by atoms with Gasteiger partial charge in [-0.15, -0.1) is 6.58 Å². The Balaban J connectivity index is 1.23. The molecule has 0 bridgehead atoms. The van der Waals surface area contributed by atoms with Crippen LogP contribution in [0.4, 0.5) is 0 Å². The monoisotopic (exact) mass is 556 g/mol. The first-order chi connectivity index (χ1) is 21.3. The van der Waals surface area contributed by atoms with Gasteiger partial charge in [0.1, 0.15) is 0 Å². The van der Waals surface area contributed by atoms with Gasteiger partial charge < -0.3 is 0 Å². The van der Waals surface area contributed by atoms with Crippen LogP contribution in [0.25, 0.3) is 38.2 Å². The normalized spacial score (nSPS) is 15.3. The Hall–Kier alpha value is -5.08. The second kappa shape index (κ2) is 13.7. The zero-order valence-corrected chi connectivity index (χ0v) is 24.4. The number of aromatic nitrogens is 1. The Morgan fingerprint density at radius 1 is 0.744 bits per heavy atom. The maximum atomic E-state index is 4.99. The zero-order valence-electron chi connectivity index (χ0n) is 24.4. The molecule has 0 radical (unpaired) electrons. The lowest BCUT2D eigenvalue weighted by Crippen LogP contribution is -2.05. The summed E-state index contributed by atoms with van der Waals surface area (Å²) in [5.41, 5.74) is 7.10. The fraction of sp³-hybridized carbons (Fsp3) is 0.122. The summed E-state index contributed by atoms with van der Waals surface area (Å²) in [7, 11) is 0. The first-order valence-corrected chi connectivity index (χ1v) is 15.1. The molecule has 1 unspecified atom stereocenters. The van der Waals surface area contributed by atoms with Crippen molar-refractivity contribution in [3.8, 4) is 11.1 Å². The van der Waals surface area contributed by atoms with Crippen LogP contribution < -0.4 is 0 Å². The highest BCUT2D eigenvalue weighted by atomic mass is 14.7. The lowest BCUT2D eigenvalue weighted by molar-refractivity contribution is 0.863. The Bertz CT molecular complexity index is 1830. The predicted octanol–water partition coefficient (Wildman–Crippen LogP) is 10.8. The van der Waals surface area contributed by atoms with Crippen LogP contribution in [0.3, 0.4) is 0 Å². The number of hydrogen-bond donors (Lipinski definition) is 0. The lowest BCUT2D eigenvalue weighted by atomic mass is 9.87. The number of hydrogen-bond acceptors (Lipinski definition) is 2. The minimum absolute atomic E-state index is 0.228. The van der Waals surface area contributed by atoms with Gasteiger partial charge in [-0.2, -0.15) is 0 Å². The average Bonchev–Trinajstić information content (AvgIpc) is 3.08. The van der Waals surface area contributed by atoms with Crippen molar-refractivity contribution in [2.75, 3.05) is 0 Å². The van der Waals surface area contributed by atoms with Crippen molar-refractivity contribution in [2.24, 2.45) is 4.99 Å². The number of pyridine rings is 1. The topological polar surface area (TPSA) is 25.2 Å². The van der Waals surface area contributed by atoms with Crippen LogP contribution >= 0.6 is 0 Å². The van der Waals surface area contributed by atoms with Gasteiger partial charge in [0, 0.05) is 24.0 Å². The first kappa shape index (κ1) is 28.1. The molecule has 2 heterocycles. The van der Waals surface area contributed by atoms with Crippen LogP contribution in [0.5, 0.6) is 0 Å². The molecule has 43 heavy (non-hydrogen) atoms. The largest absolute Gasteiger partial charge is 0.269 e. The molecule has 0 saturated heterocycles. The van der Waals surface area contributed by atoms with Crippen molar-refractivity contribution in [1.29, 1.82) is 0 Å². The van der Waals surface area contributed by atoms with E-state index in [1.807, 2.05) is 18.5 Å². The van der Waals surface area contributed by atoms with Gasteiger partial charge in [0.25, 0.3) is 0 Å². The fourth-order valence-electron chi connectivity index (χ4n) is 5.89. The van der Waals surface area contributed by atoms with Crippen molar-refractivity contribution >= 4 is 33.3 Å². The number of rotatable bonds is 10. The van der Waals surface area contributed by atoms with Gasteiger partial charge in [0.2, 0.25) is 0 Å². The average molecular weight is 557 g/mol. The van der Waals surface area contributed by atoms with Crippen LogP contribution in [0.2, 0.25) is 0 Å². The summed E-state index contributed by atoms with van der Waals surface area (Å²) in [6, 6.07) is 34.7. The van der Waals surface area contributed by atoms with Crippen LogP contribution in [0.1, 0.15) is 42.1 Å². The van der Waals surface area contributed by atoms with E-state index in [-0.39, 0.29) is 5.92 Å². The molecule has 0 fully saturated rings. The number of nitrogens with zero attached hydrogens (tertiary/aromatic N) is 2. The molecular weight excluding hydrogens is 520 g/mol. The molecule has 1 aromatic heterocycles. The Labute approximate surface area is 254 Å². The molecule has 5 aromatic rings. The summed E-state index contributed by atoms with van der Waals surface area (Å²) in [6.45, 7) is 3.91. The SMILES string of the molecule is C=CC/C=C(\C=C/C/C=C\Cc1c2ccccc2c(-c2ccccc2)c2ccccc12)c1cccc(C2C=NC=CC2)n1. The molecule has 0 spiro atoms. The van der Waals surface area contributed by atoms with E-state index in [9.17, 15) is 0 Å². The van der Waals surface area contributed by atoms with Gasteiger partial charge in [0.05, 0.1) is 5.69 Å². The van der Waals surface area contributed by atoms with E-state index in [1.54, 1.807) is 0 Å². The fourth-order valence-corrected chi connectivity index (χ4v) is 5.89. The van der Waals surface area contributed by atoms with Crippen LogP contribution in [0, 0.1) is 0 Å². The van der Waals surface area contributed by atoms with Crippen LogP contribution in [-0.2, 0) is 6.42 Å². The van der Waals surface area contributed by atoms with Crippen LogP contribution in [-0.4, -0.2) is 11.2 Å². The van der Waals surface area contributed by atoms with Gasteiger partial charge in [-0.25, -0.2) is 0 Å². The molecule has 2 heteroatoms. The molecule has 1 aliphatic heterocycles. The van der Waals surface area contributed by atoms with Gasteiger partial charge >= 0.3 is 0 Å². The lowest BCUT2D eigenvalue weighted by Gasteiger charge is -2.16. The third-order valence-electron chi connectivity index (χ3n) is 7.96. The van der Waals surface area contributed by atoms with E-state index in [2.05, 4.69) is 145 Å². The maximum absolute atomic E-state index is 4.99. The van der Waals surface area contributed by atoms with E-state index < -0.39 is 0 Å². The summed E-state index contributed by atoms with van der Waals surface area (Å²) in [5.74, 6) is 0.228. The van der Waals surface area contributed by atoms with Crippen molar-refractivity contribution in [2.45, 2.75) is 31.6 Å². The number of benzene rings is 4. The third-order valence-corrected chi connectivity index (χ3v) is 7.96. The summed E-state index contributed by atoms with van der Waals surface area (Å²) in [4.78, 5) is 9.31. The van der Waals surface area contributed by atoms with E-state index in [0.29, 0.717) is 0 Å². The molecule has 4 aromatic carbocycles. The molecule has 1 aliphatic rings. The van der Waals surface area contributed by atoms with Gasteiger partial charge in [-0.05, 0) is 81.6 Å². The smallest absolute Gasteiger partial charge is 0.0702 e. The van der Waals surface area contributed by atoms with Gasteiger partial charge in [0.15, 0.2) is 0 Å². The van der Waals surface area contributed by atoms with Crippen molar-refractivity contribution in [3.05, 3.63) is 169 Å². The Kier molecular flexibility index (Phi) is 8.95. The second-order valence-corrected chi connectivity index (χ2v) is 10.8. The number of allylic oxidation sites excluding steroid dienone is 8. The second-order valence-electron chi connectivity index (χ2n) is 10.8. The maximum Gasteiger partial charge on any atom is 0.0702 e. The minimum atomic E-state index is 0.228. The minimum Gasteiger partial charge on any atom is -0.269 e. The molecule has 0 amide bonds. The molecular formula is C41H36N2. The first-order valence-electron chi connectivity index (χ1n) is 15.1. The standard InChI is InChI=1S/C41H36N2/c1-2-3-17-31(39-27-15-28-40(43-39)33-21-16-29-42-30-33)18-7-4-5-10-22-34-35-23-11-13-25-37(35)41(32-19-8-6-9-20-32)38-26-14-12-24-36(34)38/h2,5-20,23-30,33H,1,3-4,21-22H2/b10-5-,18-7-,31-17+. The molecule has 0 saturated carbocycles. The summed E-state index contributed by atoms with van der Waals surface area (Å²) < 4.78 is 0. The van der Waals surface area contributed by atoms with Gasteiger partial charge in [-0.1, -0.05) is 127 Å². The molecule has 0 aliphatic carbocycles. The van der Waals surface area contributed by atoms with Crippen molar-refractivity contribution in [3.63, 3.8) is 0 Å². The zero-order chi connectivity index (χ0) is 29.3. The molecule has 0 N–H and O–H groups in total. The number of aliphatic imine (C=N–C) groups is 1. The van der Waals surface area contributed by atoms with Crippen molar-refractivity contribution < 1.29 is 0 Å².